The molecular weight excluding hydrogens is 388 g/mol. The minimum atomic E-state index is -1.01. The van der Waals surface area contributed by atoms with Crippen molar-refractivity contribution in [2.24, 2.45) is 17.8 Å². The molecule has 2 aromatic carbocycles. The molecule has 31 heavy (non-hydrogen) atoms. The molecule has 4 heteroatoms. The van der Waals surface area contributed by atoms with Crippen molar-refractivity contribution in [3.8, 4) is 5.75 Å². The van der Waals surface area contributed by atoms with Gasteiger partial charge in [0.25, 0.3) is 0 Å². The molecule has 0 unspecified atom stereocenters. The average molecular weight is 417 g/mol. The summed E-state index contributed by atoms with van der Waals surface area (Å²) in [6.07, 6.45) is 10.9. The van der Waals surface area contributed by atoms with Crippen LogP contribution >= 0.6 is 0 Å². The highest BCUT2D eigenvalue weighted by atomic mass is 16.5. The predicted octanol–water partition coefficient (Wildman–Crippen LogP) is 5.76. The van der Waals surface area contributed by atoms with Gasteiger partial charge in [-0.3, -0.25) is 4.79 Å². The van der Waals surface area contributed by atoms with Crippen LogP contribution in [0.4, 0.5) is 0 Å². The van der Waals surface area contributed by atoms with Gasteiger partial charge in [-0.05, 0) is 85.5 Å². The van der Waals surface area contributed by atoms with Gasteiger partial charge in [-0.25, -0.2) is 4.79 Å². The largest absolute Gasteiger partial charge is 0.496 e. The molecule has 4 aliphatic rings. The highest BCUT2D eigenvalue weighted by Crippen LogP contribution is 2.61. The molecule has 6 rings (SSSR count). The number of rotatable bonds is 6. The molecule has 4 nitrogen and oxygen atoms in total. The molecule has 0 aliphatic heterocycles. The molecule has 0 radical (unpaired) electrons. The zero-order valence-electron chi connectivity index (χ0n) is 17.8. The van der Waals surface area contributed by atoms with Gasteiger partial charge in [0.2, 0.25) is 0 Å². The molecular formula is C27H28O4. The van der Waals surface area contributed by atoms with Gasteiger partial charge < -0.3 is 9.84 Å². The molecule has 0 saturated heterocycles. The van der Waals surface area contributed by atoms with Crippen molar-refractivity contribution in [3.05, 3.63) is 70.8 Å². The number of benzene rings is 2. The summed E-state index contributed by atoms with van der Waals surface area (Å²) in [5.41, 5.74) is 2.74. The number of carboxylic acid groups (broad SMARTS) is 1. The lowest BCUT2D eigenvalue weighted by Gasteiger charge is -2.57. The number of hydrogen-bond donors (Lipinski definition) is 1. The molecule has 4 saturated carbocycles. The Bertz CT molecular complexity index is 1030. The van der Waals surface area contributed by atoms with E-state index in [0.29, 0.717) is 11.1 Å². The van der Waals surface area contributed by atoms with E-state index < -0.39 is 5.97 Å². The van der Waals surface area contributed by atoms with E-state index in [-0.39, 0.29) is 16.8 Å². The topological polar surface area (TPSA) is 63.6 Å². The van der Waals surface area contributed by atoms with Gasteiger partial charge in [-0.1, -0.05) is 36.4 Å². The summed E-state index contributed by atoms with van der Waals surface area (Å²) in [6, 6.07) is 12.6. The summed E-state index contributed by atoms with van der Waals surface area (Å²) in [6.45, 7) is 0. The molecule has 1 N–H and O–H groups in total. The molecule has 2 aromatic rings. The number of methoxy groups -OCH3 is 1. The fourth-order valence-corrected chi connectivity index (χ4v) is 6.82. The van der Waals surface area contributed by atoms with Gasteiger partial charge in [-0.2, -0.15) is 0 Å². The second kappa shape index (κ2) is 7.67. The van der Waals surface area contributed by atoms with Gasteiger partial charge in [0.05, 0.1) is 12.7 Å². The maximum Gasteiger partial charge on any atom is 0.336 e. The first-order chi connectivity index (χ1) is 15.0. The summed E-state index contributed by atoms with van der Waals surface area (Å²) in [5, 5.41) is 9.33. The molecule has 0 aromatic heterocycles. The van der Waals surface area contributed by atoms with E-state index in [4.69, 9.17) is 4.74 Å². The minimum absolute atomic E-state index is 0.157. The monoisotopic (exact) mass is 416 g/mol. The smallest absolute Gasteiger partial charge is 0.336 e. The lowest BCUT2D eigenvalue weighted by molar-refractivity contribution is -0.00616. The molecule has 160 valence electrons. The Morgan fingerprint density at radius 3 is 2.26 bits per heavy atom. The normalized spacial score (nSPS) is 28.7. The van der Waals surface area contributed by atoms with E-state index >= 15 is 0 Å². The Hall–Kier alpha value is -2.88. The van der Waals surface area contributed by atoms with Crippen LogP contribution in [0.5, 0.6) is 5.75 Å². The maximum atomic E-state index is 12.8. The van der Waals surface area contributed by atoms with E-state index in [1.54, 1.807) is 31.4 Å². The number of carbonyl (C=O) groups excluding carboxylic acids is 1. The standard InChI is InChI=1S/C27H28O4/c1-31-25-13-21(24(28)9-7-20-4-2-3-5-22(20)26(29)30)6-8-23(25)27-14-17-10-18(15-27)12-19(11-17)16-27/h2-9,13,17-19H,10-12,14-16H2,1H3,(H,29,30). The first-order valence-electron chi connectivity index (χ1n) is 11.2. The third-order valence-electron chi connectivity index (χ3n) is 7.70. The van der Waals surface area contributed by atoms with Crippen molar-refractivity contribution in [1.82, 2.24) is 0 Å². The van der Waals surface area contributed by atoms with Crippen molar-refractivity contribution < 1.29 is 19.4 Å². The highest BCUT2D eigenvalue weighted by molar-refractivity contribution is 6.07. The summed E-state index contributed by atoms with van der Waals surface area (Å²) in [7, 11) is 1.69. The minimum Gasteiger partial charge on any atom is -0.496 e. The Balaban J connectivity index is 1.42. The van der Waals surface area contributed by atoms with E-state index in [2.05, 4.69) is 6.07 Å². The van der Waals surface area contributed by atoms with Crippen LogP contribution in [0, 0.1) is 17.8 Å². The van der Waals surface area contributed by atoms with Crippen molar-refractivity contribution in [3.63, 3.8) is 0 Å². The van der Waals surface area contributed by atoms with E-state index in [0.717, 1.165) is 23.5 Å². The molecule has 4 bridgehead atoms. The number of hydrogen-bond acceptors (Lipinski definition) is 3. The van der Waals surface area contributed by atoms with Gasteiger partial charge in [0.1, 0.15) is 5.75 Å². The predicted molar refractivity (Wildman–Crippen MR) is 120 cm³/mol. The van der Waals surface area contributed by atoms with Crippen LogP contribution in [0.25, 0.3) is 6.08 Å². The van der Waals surface area contributed by atoms with E-state index in [1.807, 2.05) is 12.1 Å². The fraction of sp³-hybridized carbons (Fsp3) is 0.407. The lowest BCUT2D eigenvalue weighted by Crippen LogP contribution is -2.48. The number of carbonyl (C=O) groups is 2. The van der Waals surface area contributed by atoms with Crippen molar-refractivity contribution in [2.45, 2.75) is 43.9 Å². The Morgan fingerprint density at radius 1 is 1.00 bits per heavy atom. The summed E-state index contributed by atoms with van der Waals surface area (Å²) < 4.78 is 5.78. The molecule has 0 heterocycles. The van der Waals surface area contributed by atoms with E-state index in [1.165, 1.54) is 56.2 Å². The van der Waals surface area contributed by atoms with Crippen molar-refractivity contribution in [1.29, 1.82) is 0 Å². The quantitative estimate of drug-likeness (QED) is 0.480. The van der Waals surface area contributed by atoms with Crippen LogP contribution in [0.3, 0.4) is 0 Å². The first kappa shape index (κ1) is 20.0. The number of ketones is 1. The van der Waals surface area contributed by atoms with Crippen molar-refractivity contribution in [2.75, 3.05) is 7.11 Å². The number of carboxylic acids is 1. The number of allylic oxidation sites excluding steroid dienone is 1. The van der Waals surface area contributed by atoms with Gasteiger partial charge >= 0.3 is 5.97 Å². The Labute approximate surface area is 182 Å². The summed E-state index contributed by atoms with van der Waals surface area (Å²) in [4.78, 5) is 24.2. The molecule has 4 aliphatic carbocycles. The molecule has 0 amide bonds. The third-order valence-corrected chi connectivity index (χ3v) is 7.70. The van der Waals surface area contributed by atoms with Gasteiger partial charge in [-0.15, -0.1) is 0 Å². The number of ether oxygens (including phenoxy) is 1. The Morgan fingerprint density at radius 2 is 1.65 bits per heavy atom. The zero-order valence-corrected chi connectivity index (χ0v) is 17.8. The number of aromatic carboxylic acids is 1. The van der Waals surface area contributed by atoms with Crippen LogP contribution in [-0.2, 0) is 5.41 Å². The van der Waals surface area contributed by atoms with Gasteiger partial charge in [0.15, 0.2) is 5.78 Å². The molecule has 4 fully saturated rings. The lowest BCUT2D eigenvalue weighted by atomic mass is 9.48. The zero-order chi connectivity index (χ0) is 21.6. The van der Waals surface area contributed by atoms with E-state index in [9.17, 15) is 14.7 Å². The van der Waals surface area contributed by atoms with Crippen LogP contribution in [0.1, 0.15) is 70.4 Å². The highest BCUT2D eigenvalue weighted by Gasteiger charge is 2.52. The summed E-state index contributed by atoms with van der Waals surface area (Å²) in [5.74, 6) is 2.18. The molecule has 0 atom stereocenters. The van der Waals surface area contributed by atoms with Gasteiger partial charge in [0, 0.05) is 11.1 Å². The second-order valence-electron chi connectivity index (χ2n) is 9.70. The van der Waals surface area contributed by atoms with Crippen LogP contribution in [-0.4, -0.2) is 24.0 Å². The third kappa shape index (κ3) is 3.58. The maximum absolute atomic E-state index is 12.8. The average Bonchev–Trinajstić information content (AvgIpc) is 2.76. The first-order valence-corrected chi connectivity index (χ1v) is 11.2. The fourth-order valence-electron chi connectivity index (χ4n) is 6.82. The SMILES string of the molecule is COc1cc(C(=O)C=Cc2ccccc2C(=O)O)ccc1C12CC3CC(CC(C3)C1)C2. The second-order valence-corrected chi connectivity index (χ2v) is 9.70. The van der Waals surface area contributed by atoms with Crippen LogP contribution in [0.15, 0.2) is 48.5 Å². The molecule has 0 spiro atoms. The van der Waals surface area contributed by atoms with Crippen LogP contribution < -0.4 is 4.74 Å². The Kier molecular flexibility index (Phi) is 4.96. The van der Waals surface area contributed by atoms with Crippen molar-refractivity contribution >= 4 is 17.8 Å². The summed E-state index contributed by atoms with van der Waals surface area (Å²) >= 11 is 0. The van der Waals surface area contributed by atoms with Crippen LogP contribution in [0.2, 0.25) is 0 Å².